The van der Waals surface area contributed by atoms with Crippen LogP contribution in [-0.2, 0) is 9.53 Å². The van der Waals surface area contributed by atoms with Crippen LogP contribution in [0.2, 0.25) is 5.02 Å². The maximum atomic E-state index is 12.5. The van der Waals surface area contributed by atoms with Crippen molar-refractivity contribution in [2.24, 2.45) is 0 Å². The fraction of sp³-hybridized carbons (Fsp3) is 0.227. The molecule has 6 nitrogen and oxygen atoms in total. The molecule has 0 spiro atoms. The van der Waals surface area contributed by atoms with Crippen LogP contribution in [0.25, 0.3) is 5.69 Å². The number of rotatable bonds is 5. The summed E-state index contributed by atoms with van der Waals surface area (Å²) in [7, 11) is 1.65. The van der Waals surface area contributed by atoms with Crippen molar-refractivity contribution in [2.75, 3.05) is 11.9 Å². The van der Waals surface area contributed by atoms with Gasteiger partial charge in [0, 0.05) is 12.7 Å². The summed E-state index contributed by atoms with van der Waals surface area (Å²) in [4.78, 5) is 26.5. The van der Waals surface area contributed by atoms with Crippen LogP contribution in [-0.4, -0.2) is 34.8 Å². The van der Waals surface area contributed by atoms with Gasteiger partial charge in [-0.25, -0.2) is 9.48 Å². The van der Waals surface area contributed by atoms with E-state index in [9.17, 15) is 9.59 Å². The molecule has 0 aliphatic rings. The molecule has 0 aliphatic carbocycles. The molecule has 0 radical (unpaired) electrons. The van der Waals surface area contributed by atoms with Crippen molar-refractivity contribution in [1.29, 1.82) is 0 Å². The predicted octanol–water partition coefficient (Wildman–Crippen LogP) is 4.35. The summed E-state index contributed by atoms with van der Waals surface area (Å²) >= 11 is 6.19. The third-order valence-corrected chi connectivity index (χ3v) is 5.20. The second kappa shape index (κ2) is 8.49. The fourth-order valence-electron chi connectivity index (χ4n) is 2.94. The fourth-order valence-corrected chi connectivity index (χ4v) is 3.06. The maximum absolute atomic E-state index is 12.5. The average Bonchev–Trinajstić information content (AvgIpc) is 3.00. The summed E-state index contributed by atoms with van der Waals surface area (Å²) in [6.45, 7) is 5.27. The van der Waals surface area contributed by atoms with Gasteiger partial charge in [-0.05, 0) is 57.2 Å². The lowest BCUT2D eigenvalue weighted by atomic mass is 10.2. The van der Waals surface area contributed by atoms with E-state index in [-0.39, 0.29) is 5.91 Å². The zero-order valence-electron chi connectivity index (χ0n) is 16.7. The zero-order chi connectivity index (χ0) is 21.1. The van der Waals surface area contributed by atoms with Crippen LogP contribution in [0.4, 0.5) is 5.69 Å². The summed E-state index contributed by atoms with van der Waals surface area (Å²) in [5.74, 6) is -0.872. The Bertz CT molecular complexity index is 1030. The van der Waals surface area contributed by atoms with E-state index in [2.05, 4.69) is 5.10 Å². The van der Waals surface area contributed by atoms with E-state index < -0.39 is 12.1 Å². The Morgan fingerprint density at radius 3 is 2.24 bits per heavy atom. The number of aromatic nitrogens is 2. The molecule has 7 heteroatoms. The van der Waals surface area contributed by atoms with Gasteiger partial charge in [-0.1, -0.05) is 29.8 Å². The number of ether oxygens (including phenoxy) is 1. The van der Waals surface area contributed by atoms with Crippen molar-refractivity contribution in [2.45, 2.75) is 26.9 Å². The highest BCUT2D eigenvalue weighted by Gasteiger charge is 2.23. The number of carbonyl (C=O) groups is 2. The number of amides is 1. The van der Waals surface area contributed by atoms with Crippen LogP contribution in [0.5, 0.6) is 0 Å². The SMILES string of the molecule is Cc1nn(-c2ccc(C(=O)OC(C)C(=O)N(C)c3ccccc3)cc2)c(C)c1Cl. The smallest absolute Gasteiger partial charge is 0.338 e. The van der Waals surface area contributed by atoms with Crippen LogP contribution in [0.3, 0.4) is 0 Å². The highest BCUT2D eigenvalue weighted by molar-refractivity contribution is 6.31. The van der Waals surface area contributed by atoms with Gasteiger partial charge in [-0.2, -0.15) is 5.10 Å². The normalized spacial score (nSPS) is 11.8. The third kappa shape index (κ3) is 4.32. The molecule has 2 aromatic carbocycles. The number of carbonyl (C=O) groups excluding carboxylic acids is 2. The van der Waals surface area contributed by atoms with E-state index in [1.165, 1.54) is 4.90 Å². The molecule has 1 aromatic heterocycles. The van der Waals surface area contributed by atoms with Gasteiger partial charge < -0.3 is 9.64 Å². The highest BCUT2D eigenvalue weighted by Crippen LogP contribution is 2.22. The topological polar surface area (TPSA) is 64.4 Å². The van der Waals surface area contributed by atoms with Gasteiger partial charge in [0.25, 0.3) is 5.91 Å². The molecular formula is C22H22ClN3O3. The minimum Gasteiger partial charge on any atom is -0.449 e. The molecule has 0 saturated heterocycles. The van der Waals surface area contributed by atoms with Gasteiger partial charge in [0.05, 0.1) is 27.7 Å². The van der Waals surface area contributed by atoms with Gasteiger partial charge >= 0.3 is 5.97 Å². The number of nitrogens with zero attached hydrogens (tertiary/aromatic N) is 3. The quantitative estimate of drug-likeness (QED) is 0.585. The molecule has 150 valence electrons. The maximum Gasteiger partial charge on any atom is 0.338 e. The number of hydrogen-bond acceptors (Lipinski definition) is 4. The number of halogens is 1. The van der Waals surface area contributed by atoms with Gasteiger partial charge in [-0.15, -0.1) is 0 Å². The molecule has 0 N–H and O–H groups in total. The minimum absolute atomic E-state index is 0.307. The van der Waals surface area contributed by atoms with Crippen LogP contribution in [0.1, 0.15) is 28.7 Å². The number of anilines is 1. The molecule has 29 heavy (non-hydrogen) atoms. The van der Waals surface area contributed by atoms with Crippen molar-refractivity contribution in [3.05, 3.63) is 76.6 Å². The lowest BCUT2D eigenvalue weighted by Gasteiger charge is -2.21. The second-order valence-electron chi connectivity index (χ2n) is 6.72. The van der Waals surface area contributed by atoms with E-state index in [0.29, 0.717) is 10.6 Å². The molecular weight excluding hydrogens is 390 g/mol. The summed E-state index contributed by atoms with van der Waals surface area (Å²) in [5, 5.41) is 5.01. The number of likely N-dealkylation sites (N-methyl/N-ethyl adjacent to an activating group) is 1. The van der Waals surface area contributed by atoms with Crippen molar-refractivity contribution >= 4 is 29.2 Å². The monoisotopic (exact) mass is 411 g/mol. The number of benzene rings is 2. The molecule has 0 aliphatic heterocycles. The Balaban J connectivity index is 1.69. The molecule has 1 unspecified atom stereocenters. The van der Waals surface area contributed by atoms with E-state index in [1.54, 1.807) is 42.9 Å². The number of hydrogen-bond donors (Lipinski definition) is 0. The van der Waals surface area contributed by atoms with Crippen LogP contribution in [0.15, 0.2) is 54.6 Å². The molecule has 1 atom stereocenters. The van der Waals surface area contributed by atoms with E-state index >= 15 is 0 Å². The van der Waals surface area contributed by atoms with Crippen LogP contribution < -0.4 is 4.90 Å². The van der Waals surface area contributed by atoms with E-state index in [1.807, 2.05) is 44.2 Å². The summed E-state index contributed by atoms with van der Waals surface area (Å²) in [5.41, 5.74) is 3.42. The average molecular weight is 412 g/mol. The van der Waals surface area contributed by atoms with Gasteiger partial charge in [0.15, 0.2) is 6.10 Å². The lowest BCUT2D eigenvalue weighted by molar-refractivity contribution is -0.126. The van der Waals surface area contributed by atoms with Crippen molar-refractivity contribution in [1.82, 2.24) is 9.78 Å². The Morgan fingerprint density at radius 2 is 1.69 bits per heavy atom. The second-order valence-corrected chi connectivity index (χ2v) is 7.10. The third-order valence-electron chi connectivity index (χ3n) is 4.66. The highest BCUT2D eigenvalue weighted by atomic mass is 35.5. The standard InChI is InChI=1S/C22H22ClN3O3/c1-14-20(23)15(2)26(24-14)19-12-10-17(11-13-19)22(28)29-16(3)21(27)25(4)18-8-6-5-7-9-18/h5-13,16H,1-4H3. The Hall–Kier alpha value is -3.12. The first-order chi connectivity index (χ1) is 13.8. The predicted molar refractivity (Wildman–Crippen MR) is 113 cm³/mol. The van der Waals surface area contributed by atoms with Gasteiger partial charge in [0.2, 0.25) is 0 Å². The summed E-state index contributed by atoms with van der Waals surface area (Å²) in [6, 6.07) is 16.0. The Labute approximate surface area is 174 Å². The number of esters is 1. The number of aryl methyl sites for hydroxylation is 1. The molecule has 3 rings (SSSR count). The molecule has 1 heterocycles. The zero-order valence-corrected chi connectivity index (χ0v) is 17.5. The van der Waals surface area contributed by atoms with Crippen molar-refractivity contribution < 1.29 is 14.3 Å². The first kappa shape index (κ1) is 20.6. The Kier molecular flexibility index (Phi) is 6.03. The van der Waals surface area contributed by atoms with E-state index in [4.69, 9.17) is 16.3 Å². The molecule has 0 saturated carbocycles. The van der Waals surface area contributed by atoms with E-state index in [0.717, 1.165) is 22.8 Å². The number of para-hydroxylation sites is 1. The summed E-state index contributed by atoms with van der Waals surface area (Å²) in [6.07, 6.45) is -0.915. The van der Waals surface area contributed by atoms with Gasteiger partial charge in [0.1, 0.15) is 0 Å². The molecule has 0 fully saturated rings. The van der Waals surface area contributed by atoms with Gasteiger partial charge in [-0.3, -0.25) is 4.79 Å². The minimum atomic E-state index is -0.915. The van der Waals surface area contributed by atoms with Crippen LogP contribution >= 0.6 is 11.6 Å². The molecule has 3 aromatic rings. The summed E-state index contributed by atoms with van der Waals surface area (Å²) < 4.78 is 7.08. The molecule has 0 bridgehead atoms. The first-order valence-electron chi connectivity index (χ1n) is 9.15. The Morgan fingerprint density at radius 1 is 1.07 bits per heavy atom. The van der Waals surface area contributed by atoms with Crippen LogP contribution in [0, 0.1) is 13.8 Å². The largest absolute Gasteiger partial charge is 0.449 e. The molecule has 1 amide bonds. The first-order valence-corrected chi connectivity index (χ1v) is 9.53. The van der Waals surface area contributed by atoms with Crippen molar-refractivity contribution in [3.63, 3.8) is 0 Å². The van der Waals surface area contributed by atoms with Crippen molar-refractivity contribution in [3.8, 4) is 5.69 Å². The lowest BCUT2D eigenvalue weighted by Crippen LogP contribution is -2.37.